The SMILES string of the molecule is CC(OC(=O)C(C)SCC(=O)Nc1ccc(F)cc1)C(=O)C12CC3CC(CC(C3)C1)C2. The van der Waals surface area contributed by atoms with Crippen LogP contribution in [0.4, 0.5) is 10.1 Å². The fourth-order valence-corrected chi connectivity index (χ4v) is 6.83. The Balaban J connectivity index is 1.25. The molecule has 168 valence electrons. The number of benzene rings is 1. The molecular weight excluding hydrogens is 417 g/mol. The van der Waals surface area contributed by atoms with Gasteiger partial charge < -0.3 is 10.1 Å². The number of nitrogens with one attached hydrogen (secondary N) is 1. The van der Waals surface area contributed by atoms with Gasteiger partial charge in [-0.25, -0.2) is 4.39 Å². The zero-order valence-corrected chi connectivity index (χ0v) is 18.9. The minimum absolute atomic E-state index is 0.0605. The fraction of sp³-hybridized carbons (Fsp3) is 0.625. The first-order chi connectivity index (χ1) is 14.7. The van der Waals surface area contributed by atoms with Crippen molar-refractivity contribution in [2.45, 2.75) is 63.7 Å². The first kappa shape index (κ1) is 22.3. The maximum absolute atomic E-state index is 13.3. The van der Waals surface area contributed by atoms with Crippen molar-refractivity contribution in [3.05, 3.63) is 30.1 Å². The van der Waals surface area contributed by atoms with Crippen LogP contribution in [0.3, 0.4) is 0 Å². The summed E-state index contributed by atoms with van der Waals surface area (Å²) in [5.74, 6) is 1.00. The van der Waals surface area contributed by atoms with Crippen LogP contribution in [0.15, 0.2) is 24.3 Å². The average molecular weight is 448 g/mol. The molecule has 1 N–H and O–H groups in total. The molecule has 4 saturated carbocycles. The highest BCUT2D eigenvalue weighted by atomic mass is 32.2. The molecule has 0 heterocycles. The van der Waals surface area contributed by atoms with Gasteiger partial charge in [0.2, 0.25) is 5.91 Å². The summed E-state index contributed by atoms with van der Waals surface area (Å²) in [6.45, 7) is 3.37. The van der Waals surface area contributed by atoms with Gasteiger partial charge in [0, 0.05) is 11.1 Å². The van der Waals surface area contributed by atoms with Gasteiger partial charge in [-0.15, -0.1) is 11.8 Å². The number of anilines is 1. The predicted octanol–water partition coefficient (Wildman–Crippen LogP) is 4.60. The van der Waals surface area contributed by atoms with Crippen molar-refractivity contribution < 1.29 is 23.5 Å². The molecule has 4 fully saturated rings. The number of amides is 1. The van der Waals surface area contributed by atoms with Crippen molar-refractivity contribution >= 4 is 35.1 Å². The van der Waals surface area contributed by atoms with E-state index in [1.165, 1.54) is 43.5 Å². The molecule has 0 radical (unpaired) electrons. The van der Waals surface area contributed by atoms with Gasteiger partial charge in [0.25, 0.3) is 0 Å². The van der Waals surface area contributed by atoms with Gasteiger partial charge in [-0.1, -0.05) is 0 Å². The molecule has 5 nitrogen and oxygen atoms in total. The molecule has 1 amide bonds. The van der Waals surface area contributed by atoms with Gasteiger partial charge in [-0.05, 0) is 94.4 Å². The summed E-state index contributed by atoms with van der Waals surface area (Å²) in [6.07, 6.45) is 5.88. The third-order valence-corrected chi connectivity index (χ3v) is 8.27. The molecule has 1 aromatic carbocycles. The van der Waals surface area contributed by atoms with Gasteiger partial charge in [0.05, 0.1) is 5.75 Å². The number of thioether (sulfide) groups is 1. The molecule has 0 aliphatic heterocycles. The molecule has 2 unspecified atom stereocenters. The minimum Gasteiger partial charge on any atom is -0.454 e. The second kappa shape index (κ2) is 8.93. The Morgan fingerprint density at radius 2 is 1.61 bits per heavy atom. The van der Waals surface area contributed by atoms with E-state index >= 15 is 0 Å². The molecule has 0 aromatic heterocycles. The highest BCUT2D eigenvalue weighted by Gasteiger charge is 2.55. The first-order valence-electron chi connectivity index (χ1n) is 11.2. The maximum atomic E-state index is 13.3. The van der Waals surface area contributed by atoms with E-state index in [4.69, 9.17) is 4.74 Å². The Kier molecular flexibility index (Phi) is 6.42. The van der Waals surface area contributed by atoms with Crippen LogP contribution in [-0.2, 0) is 19.1 Å². The summed E-state index contributed by atoms with van der Waals surface area (Å²) in [6, 6.07) is 5.50. The second-order valence-electron chi connectivity index (χ2n) is 9.65. The van der Waals surface area contributed by atoms with E-state index in [0.717, 1.165) is 31.0 Å². The summed E-state index contributed by atoms with van der Waals surface area (Å²) in [5.41, 5.74) is 0.205. The van der Waals surface area contributed by atoms with Crippen LogP contribution >= 0.6 is 11.8 Å². The largest absolute Gasteiger partial charge is 0.454 e. The predicted molar refractivity (Wildman–Crippen MR) is 118 cm³/mol. The number of rotatable bonds is 8. The van der Waals surface area contributed by atoms with Crippen LogP contribution in [0.25, 0.3) is 0 Å². The lowest BCUT2D eigenvalue weighted by atomic mass is 9.48. The lowest BCUT2D eigenvalue weighted by Gasteiger charge is -2.56. The van der Waals surface area contributed by atoms with E-state index in [2.05, 4.69) is 5.32 Å². The minimum atomic E-state index is -0.750. The molecular formula is C24H30FNO4S. The van der Waals surface area contributed by atoms with Gasteiger partial charge in [-0.3, -0.25) is 14.4 Å². The number of Topliss-reactive ketones (excluding diaryl/α,β-unsaturated/α-hetero) is 1. The van der Waals surface area contributed by atoms with Gasteiger partial charge >= 0.3 is 5.97 Å². The number of ketones is 1. The van der Waals surface area contributed by atoms with E-state index in [1.807, 2.05) is 0 Å². The number of carbonyl (C=O) groups is 3. The first-order valence-corrected chi connectivity index (χ1v) is 12.2. The van der Waals surface area contributed by atoms with Gasteiger partial charge in [-0.2, -0.15) is 0 Å². The highest BCUT2D eigenvalue weighted by Crippen LogP contribution is 2.60. The van der Waals surface area contributed by atoms with Crippen molar-refractivity contribution in [1.82, 2.24) is 0 Å². The van der Waals surface area contributed by atoms with E-state index < -0.39 is 17.3 Å². The molecule has 0 spiro atoms. The quantitative estimate of drug-likeness (QED) is 0.590. The Hall–Kier alpha value is -1.89. The molecule has 1 aromatic rings. The molecule has 4 aliphatic rings. The Morgan fingerprint density at radius 1 is 1.06 bits per heavy atom. The van der Waals surface area contributed by atoms with E-state index in [0.29, 0.717) is 23.4 Å². The molecule has 0 saturated heterocycles. The van der Waals surface area contributed by atoms with E-state index in [1.54, 1.807) is 13.8 Å². The third kappa shape index (κ3) is 4.97. The van der Waals surface area contributed by atoms with Gasteiger partial charge in [0.15, 0.2) is 11.9 Å². The molecule has 2 atom stereocenters. The topological polar surface area (TPSA) is 72.5 Å². The fourth-order valence-electron chi connectivity index (χ4n) is 6.17. The zero-order valence-electron chi connectivity index (χ0n) is 18.1. The molecule has 4 aliphatic carbocycles. The van der Waals surface area contributed by atoms with Gasteiger partial charge in [0.1, 0.15) is 11.1 Å². The van der Waals surface area contributed by atoms with Crippen LogP contribution in [0, 0.1) is 29.0 Å². The third-order valence-electron chi connectivity index (χ3n) is 7.15. The van der Waals surface area contributed by atoms with Crippen LogP contribution in [0.5, 0.6) is 0 Å². The van der Waals surface area contributed by atoms with Crippen molar-refractivity contribution in [2.24, 2.45) is 23.2 Å². The smallest absolute Gasteiger partial charge is 0.319 e. The number of esters is 1. The van der Waals surface area contributed by atoms with Crippen molar-refractivity contribution in [3.63, 3.8) is 0 Å². The summed E-state index contributed by atoms with van der Waals surface area (Å²) in [7, 11) is 0. The maximum Gasteiger partial charge on any atom is 0.319 e. The van der Waals surface area contributed by atoms with E-state index in [9.17, 15) is 18.8 Å². The Labute approximate surface area is 186 Å². The normalized spacial score (nSPS) is 30.5. The number of halogens is 1. The Morgan fingerprint density at radius 3 is 2.16 bits per heavy atom. The van der Waals surface area contributed by atoms with Crippen LogP contribution in [0.2, 0.25) is 0 Å². The van der Waals surface area contributed by atoms with Crippen molar-refractivity contribution in [2.75, 3.05) is 11.1 Å². The summed E-state index contributed by atoms with van der Waals surface area (Å²) in [4.78, 5) is 37.9. The number of carbonyl (C=O) groups excluding carboxylic acids is 3. The standard InChI is InChI=1S/C24H30FNO4S/c1-14(22(28)24-10-16-7-17(11-24)9-18(8-16)12-24)30-23(29)15(2)31-13-21(27)26-20-5-3-19(25)4-6-20/h3-6,14-18H,7-13H2,1-2H3,(H,26,27). The zero-order chi connectivity index (χ0) is 22.2. The average Bonchev–Trinajstić information content (AvgIpc) is 2.72. The van der Waals surface area contributed by atoms with Crippen LogP contribution < -0.4 is 5.32 Å². The Bertz CT molecular complexity index is 820. The van der Waals surface area contributed by atoms with E-state index in [-0.39, 0.29) is 28.7 Å². The summed E-state index contributed by atoms with van der Waals surface area (Å²) < 4.78 is 18.5. The van der Waals surface area contributed by atoms with Crippen LogP contribution in [-0.4, -0.2) is 34.8 Å². The monoisotopic (exact) mass is 447 g/mol. The molecule has 7 heteroatoms. The highest BCUT2D eigenvalue weighted by molar-refractivity contribution is 8.01. The van der Waals surface area contributed by atoms with Crippen molar-refractivity contribution in [3.8, 4) is 0 Å². The number of hydrogen-bond donors (Lipinski definition) is 1. The molecule has 4 bridgehead atoms. The van der Waals surface area contributed by atoms with Crippen molar-refractivity contribution in [1.29, 1.82) is 0 Å². The molecule has 31 heavy (non-hydrogen) atoms. The second-order valence-corrected chi connectivity index (χ2v) is 11.0. The lowest BCUT2D eigenvalue weighted by molar-refractivity contribution is -0.164. The van der Waals surface area contributed by atoms with Crippen LogP contribution in [0.1, 0.15) is 52.4 Å². The molecule has 5 rings (SSSR count). The summed E-state index contributed by atoms with van der Waals surface area (Å²) >= 11 is 1.16. The number of hydrogen-bond acceptors (Lipinski definition) is 5. The summed E-state index contributed by atoms with van der Waals surface area (Å²) in [5, 5.41) is 2.10. The number of ether oxygens (including phenoxy) is 1. The lowest BCUT2D eigenvalue weighted by Crippen LogP contribution is -2.53.